The maximum absolute atomic E-state index is 12.0. The first-order valence-corrected chi connectivity index (χ1v) is 7.10. The number of ether oxygens (including phenoxy) is 3. The molecule has 0 saturated heterocycles. The molecule has 0 amide bonds. The number of carbonyl (C=O) groups excluding carboxylic acids is 3. The van der Waals surface area contributed by atoms with Crippen molar-refractivity contribution in [2.45, 2.75) is 26.9 Å². The molecule has 1 rings (SSSR count). The van der Waals surface area contributed by atoms with Crippen LogP contribution < -0.4 is 4.74 Å². The zero-order valence-corrected chi connectivity index (χ0v) is 13.3. The average molecular weight is 324 g/mol. The van der Waals surface area contributed by atoms with Crippen LogP contribution in [-0.4, -0.2) is 42.3 Å². The van der Waals surface area contributed by atoms with E-state index in [2.05, 4.69) is 0 Å². The Hall–Kier alpha value is -2.41. The molecule has 0 aliphatic carbocycles. The summed E-state index contributed by atoms with van der Waals surface area (Å²) in [6.07, 6.45) is -1.14. The summed E-state index contributed by atoms with van der Waals surface area (Å²) < 4.78 is 14.7. The normalized spacial score (nSPS) is 11.7. The van der Waals surface area contributed by atoms with Crippen molar-refractivity contribution >= 4 is 17.9 Å². The van der Waals surface area contributed by atoms with E-state index in [1.807, 2.05) is 0 Å². The average Bonchev–Trinajstić information content (AvgIpc) is 2.50. The van der Waals surface area contributed by atoms with Gasteiger partial charge in [0.2, 0.25) is 0 Å². The number of rotatable bonds is 7. The van der Waals surface area contributed by atoms with Crippen molar-refractivity contribution in [1.29, 1.82) is 0 Å². The number of benzene rings is 1. The minimum Gasteiger partial charge on any atom is -0.463 e. The fourth-order valence-electron chi connectivity index (χ4n) is 1.52. The van der Waals surface area contributed by atoms with Gasteiger partial charge in [-0.3, -0.25) is 9.59 Å². The van der Waals surface area contributed by atoms with Crippen LogP contribution in [0.4, 0.5) is 0 Å². The highest BCUT2D eigenvalue weighted by Gasteiger charge is 2.18. The van der Waals surface area contributed by atoms with Gasteiger partial charge in [0.05, 0.1) is 5.92 Å². The van der Waals surface area contributed by atoms with Crippen LogP contribution in [-0.2, 0) is 19.1 Å². The molecule has 0 aliphatic rings. The van der Waals surface area contributed by atoms with E-state index in [0.29, 0.717) is 0 Å². The quantitative estimate of drug-likeness (QED) is 0.596. The number of esters is 3. The van der Waals surface area contributed by atoms with E-state index in [9.17, 15) is 19.5 Å². The molecule has 1 aromatic carbocycles. The van der Waals surface area contributed by atoms with Crippen LogP contribution >= 0.6 is 0 Å². The summed E-state index contributed by atoms with van der Waals surface area (Å²) in [4.78, 5) is 34.2. The Balaban J connectivity index is 2.54. The third-order valence-corrected chi connectivity index (χ3v) is 2.66. The van der Waals surface area contributed by atoms with Gasteiger partial charge >= 0.3 is 17.9 Å². The van der Waals surface area contributed by atoms with Crippen LogP contribution in [0.3, 0.4) is 0 Å². The van der Waals surface area contributed by atoms with Gasteiger partial charge < -0.3 is 19.3 Å². The van der Waals surface area contributed by atoms with Crippen molar-refractivity contribution < 1.29 is 33.7 Å². The third-order valence-electron chi connectivity index (χ3n) is 2.66. The molecule has 0 aromatic heterocycles. The van der Waals surface area contributed by atoms with Gasteiger partial charge in [-0.2, -0.15) is 0 Å². The Morgan fingerprint density at radius 3 is 2.30 bits per heavy atom. The summed E-state index contributed by atoms with van der Waals surface area (Å²) in [6, 6.07) is 6.09. The highest BCUT2D eigenvalue weighted by molar-refractivity contribution is 5.93. The number of aliphatic hydroxyl groups excluding tert-OH is 1. The van der Waals surface area contributed by atoms with Gasteiger partial charge in [-0.05, 0) is 12.1 Å². The summed E-state index contributed by atoms with van der Waals surface area (Å²) in [7, 11) is 0. The van der Waals surface area contributed by atoms with Crippen molar-refractivity contribution in [3.63, 3.8) is 0 Å². The minimum atomic E-state index is -1.14. The van der Waals surface area contributed by atoms with E-state index in [1.165, 1.54) is 19.1 Å². The van der Waals surface area contributed by atoms with E-state index >= 15 is 0 Å². The summed E-state index contributed by atoms with van der Waals surface area (Å²) >= 11 is 0. The number of para-hydroxylation sites is 1. The maximum atomic E-state index is 12.0. The number of hydrogen-bond acceptors (Lipinski definition) is 7. The van der Waals surface area contributed by atoms with E-state index in [0.717, 1.165) is 0 Å². The summed E-state index contributed by atoms with van der Waals surface area (Å²) in [5.41, 5.74) is 0.0640. The molecule has 23 heavy (non-hydrogen) atoms. The molecular weight excluding hydrogens is 304 g/mol. The molecule has 0 fully saturated rings. The monoisotopic (exact) mass is 324 g/mol. The molecule has 0 aliphatic heterocycles. The molecule has 126 valence electrons. The van der Waals surface area contributed by atoms with Gasteiger partial charge in [-0.25, -0.2) is 4.79 Å². The van der Waals surface area contributed by atoms with Gasteiger partial charge in [0.1, 0.15) is 30.6 Å². The van der Waals surface area contributed by atoms with Crippen LogP contribution in [0.15, 0.2) is 24.3 Å². The van der Waals surface area contributed by atoms with Gasteiger partial charge in [0.15, 0.2) is 0 Å². The second-order valence-electron chi connectivity index (χ2n) is 5.13. The third kappa shape index (κ3) is 6.48. The van der Waals surface area contributed by atoms with Crippen molar-refractivity contribution in [3.05, 3.63) is 29.8 Å². The van der Waals surface area contributed by atoms with Crippen LogP contribution in [0.5, 0.6) is 5.75 Å². The zero-order chi connectivity index (χ0) is 17.4. The Bertz CT molecular complexity index is 565. The fourth-order valence-corrected chi connectivity index (χ4v) is 1.52. The van der Waals surface area contributed by atoms with Crippen LogP contribution in [0.1, 0.15) is 31.1 Å². The molecule has 0 radical (unpaired) electrons. The van der Waals surface area contributed by atoms with E-state index in [-0.39, 0.29) is 30.4 Å². The fraction of sp³-hybridized carbons (Fsp3) is 0.438. The second kappa shape index (κ2) is 8.89. The lowest BCUT2D eigenvalue weighted by Crippen LogP contribution is -2.26. The Labute approximate surface area is 134 Å². The summed E-state index contributed by atoms with van der Waals surface area (Å²) in [5, 5.41) is 9.65. The molecular formula is C16H20O7. The lowest BCUT2D eigenvalue weighted by atomic mass is 10.2. The standard InChI is InChI=1S/C16H20O7/c1-10(2)15(19)21-8-12(18)9-22-16(20)13-6-4-5-7-14(13)23-11(3)17/h4-7,10,12,18H,8-9H2,1-3H3. The van der Waals surface area contributed by atoms with E-state index in [4.69, 9.17) is 14.2 Å². The molecule has 7 nitrogen and oxygen atoms in total. The first kappa shape index (κ1) is 18.6. The first-order valence-electron chi connectivity index (χ1n) is 7.10. The van der Waals surface area contributed by atoms with Crippen LogP contribution in [0.2, 0.25) is 0 Å². The smallest absolute Gasteiger partial charge is 0.342 e. The molecule has 0 bridgehead atoms. The van der Waals surface area contributed by atoms with Crippen molar-refractivity contribution in [2.24, 2.45) is 5.92 Å². The van der Waals surface area contributed by atoms with Gasteiger partial charge in [-0.15, -0.1) is 0 Å². The van der Waals surface area contributed by atoms with Crippen LogP contribution in [0, 0.1) is 5.92 Å². The molecule has 0 saturated carbocycles. The SMILES string of the molecule is CC(=O)Oc1ccccc1C(=O)OCC(O)COC(=O)C(C)C. The van der Waals surface area contributed by atoms with Crippen molar-refractivity contribution in [2.75, 3.05) is 13.2 Å². The minimum absolute atomic E-state index is 0.0640. The molecule has 0 spiro atoms. The lowest BCUT2D eigenvalue weighted by molar-refractivity contribution is -0.151. The lowest BCUT2D eigenvalue weighted by Gasteiger charge is -2.14. The van der Waals surface area contributed by atoms with E-state index < -0.39 is 24.0 Å². The Morgan fingerprint density at radius 2 is 1.70 bits per heavy atom. The maximum Gasteiger partial charge on any atom is 0.342 e. The number of aliphatic hydroxyl groups is 1. The highest BCUT2D eigenvalue weighted by Crippen LogP contribution is 2.19. The summed E-state index contributed by atoms with van der Waals surface area (Å²) in [6.45, 7) is 3.94. The largest absolute Gasteiger partial charge is 0.463 e. The predicted molar refractivity (Wildman–Crippen MR) is 79.8 cm³/mol. The van der Waals surface area contributed by atoms with Crippen molar-refractivity contribution in [3.8, 4) is 5.75 Å². The van der Waals surface area contributed by atoms with Crippen molar-refractivity contribution in [1.82, 2.24) is 0 Å². The Morgan fingerprint density at radius 1 is 1.09 bits per heavy atom. The van der Waals surface area contributed by atoms with E-state index in [1.54, 1.807) is 26.0 Å². The van der Waals surface area contributed by atoms with Crippen LogP contribution in [0.25, 0.3) is 0 Å². The Kier molecular flexibility index (Phi) is 7.21. The van der Waals surface area contributed by atoms with Gasteiger partial charge in [0, 0.05) is 6.92 Å². The molecule has 1 N–H and O–H groups in total. The number of carbonyl (C=O) groups is 3. The highest BCUT2D eigenvalue weighted by atomic mass is 16.6. The molecule has 1 aromatic rings. The molecule has 0 heterocycles. The second-order valence-corrected chi connectivity index (χ2v) is 5.13. The first-order chi connectivity index (χ1) is 10.8. The zero-order valence-electron chi connectivity index (χ0n) is 13.3. The topological polar surface area (TPSA) is 99.1 Å². The molecule has 1 unspecified atom stereocenters. The summed E-state index contributed by atoms with van der Waals surface area (Å²) in [5.74, 6) is -2.00. The van der Waals surface area contributed by atoms with Gasteiger partial charge in [0.25, 0.3) is 0 Å². The van der Waals surface area contributed by atoms with Gasteiger partial charge in [-0.1, -0.05) is 26.0 Å². The molecule has 7 heteroatoms. The number of hydrogen-bond donors (Lipinski definition) is 1. The predicted octanol–water partition coefficient (Wildman–Crippen LogP) is 1.33. The molecule has 1 atom stereocenters.